The summed E-state index contributed by atoms with van der Waals surface area (Å²) in [5, 5.41) is 0. The Balaban J connectivity index is -0.000000112. The van der Waals surface area contributed by atoms with Crippen LogP contribution in [0.2, 0.25) is 0 Å². The zero-order valence-electron chi connectivity index (χ0n) is 13.4. The molecular formula is C16H26Br2Zr. The molecule has 0 heterocycles. The number of hydrogen-bond acceptors (Lipinski definition) is 0. The normalized spacial score (nSPS) is 16.0. The molecule has 0 fully saturated rings. The minimum absolute atomic E-state index is 0. The molecule has 19 heavy (non-hydrogen) atoms. The van der Waals surface area contributed by atoms with Crippen LogP contribution in [0.1, 0.15) is 55.4 Å². The molecular weight excluding hydrogens is 443 g/mol. The molecule has 1 rings (SSSR count). The van der Waals surface area contributed by atoms with Crippen molar-refractivity contribution < 1.29 is 60.2 Å². The van der Waals surface area contributed by atoms with E-state index >= 15 is 0 Å². The molecule has 0 radical (unpaired) electrons. The largest absolute Gasteiger partial charge is 4.00 e. The van der Waals surface area contributed by atoms with Gasteiger partial charge in [-0.15, -0.1) is 20.8 Å². The van der Waals surface area contributed by atoms with E-state index in [9.17, 15) is 0 Å². The van der Waals surface area contributed by atoms with E-state index in [1.54, 1.807) is 0 Å². The Morgan fingerprint density at radius 2 is 1.58 bits per heavy atom. The van der Waals surface area contributed by atoms with Crippen LogP contribution in [-0.2, 0) is 26.2 Å². The summed E-state index contributed by atoms with van der Waals surface area (Å²) < 4.78 is 0. The SMILES string of the molecule is C/C=C(\C)[CH-]C.CC1=[C-]C(C)(C)C(C)=C1C.[Br-].[Br-].[Zr+4]. The van der Waals surface area contributed by atoms with Gasteiger partial charge in [0.25, 0.3) is 0 Å². The molecule has 1 aliphatic rings. The Bertz CT molecular complexity index is 337. The molecule has 0 aromatic heterocycles. The standard InChI is InChI=1S/C10H15.C6H11.2BrH.Zr/c1-7-6-10(4,5)9(3)8(7)2;1-4-6(3)5-2;;;/h1-5H3;4-5H,1-3H3;2*1H;/q2*-1;;;+4/p-2/b;6-4+;;;. The fourth-order valence-electron chi connectivity index (χ4n) is 1.57. The quantitative estimate of drug-likeness (QED) is 0.446. The van der Waals surface area contributed by atoms with Gasteiger partial charge in [0.2, 0.25) is 0 Å². The molecule has 0 bridgehead atoms. The molecule has 0 N–H and O–H groups in total. The van der Waals surface area contributed by atoms with Crippen molar-refractivity contribution in [1.29, 1.82) is 0 Å². The van der Waals surface area contributed by atoms with Crippen LogP contribution in [-0.4, -0.2) is 0 Å². The first-order chi connectivity index (χ1) is 7.26. The van der Waals surface area contributed by atoms with Crippen molar-refractivity contribution in [2.24, 2.45) is 5.41 Å². The second kappa shape index (κ2) is 12.7. The van der Waals surface area contributed by atoms with Crippen LogP contribution in [0.5, 0.6) is 0 Å². The zero-order valence-corrected chi connectivity index (χ0v) is 19.0. The summed E-state index contributed by atoms with van der Waals surface area (Å²) >= 11 is 0. The van der Waals surface area contributed by atoms with Gasteiger partial charge in [-0.2, -0.15) is 11.1 Å². The fraction of sp³-hybridized carbons (Fsp3) is 0.562. The van der Waals surface area contributed by atoms with Gasteiger partial charge in [0.05, 0.1) is 0 Å². The van der Waals surface area contributed by atoms with Gasteiger partial charge in [0.1, 0.15) is 0 Å². The number of halogens is 2. The maximum atomic E-state index is 3.44. The summed E-state index contributed by atoms with van der Waals surface area (Å²) in [6, 6.07) is 0. The molecule has 0 spiro atoms. The number of allylic oxidation sites excluding steroid dienone is 6. The maximum absolute atomic E-state index is 3.44. The van der Waals surface area contributed by atoms with E-state index in [1.807, 2.05) is 13.8 Å². The number of rotatable bonds is 1. The van der Waals surface area contributed by atoms with Gasteiger partial charge >= 0.3 is 26.2 Å². The average Bonchev–Trinajstić information content (AvgIpc) is 2.41. The fourth-order valence-corrected chi connectivity index (χ4v) is 1.57. The molecule has 1 aliphatic carbocycles. The van der Waals surface area contributed by atoms with Gasteiger partial charge in [0.15, 0.2) is 0 Å². The molecule has 0 aliphatic heterocycles. The van der Waals surface area contributed by atoms with Crippen molar-refractivity contribution in [3.05, 3.63) is 40.9 Å². The summed E-state index contributed by atoms with van der Waals surface area (Å²) in [7, 11) is 0. The maximum Gasteiger partial charge on any atom is 4.00 e. The van der Waals surface area contributed by atoms with Gasteiger partial charge in [-0.25, -0.2) is 23.6 Å². The Labute approximate surface area is 160 Å². The van der Waals surface area contributed by atoms with Crippen molar-refractivity contribution in [2.75, 3.05) is 0 Å². The molecule has 0 saturated carbocycles. The molecule has 3 heteroatoms. The summed E-state index contributed by atoms with van der Waals surface area (Å²) in [6.07, 6.45) is 7.60. The summed E-state index contributed by atoms with van der Waals surface area (Å²) in [5.41, 5.74) is 5.74. The molecule has 0 atom stereocenters. The van der Waals surface area contributed by atoms with E-state index in [1.165, 1.54) is 22.3 Å². The van der Waals surface area contributed by atoms with E-state index in [0.717, 1.165) is 0 Å². The van der Waals surface area contributed by atoms with E-state index in [2.05, 4.69) is 60.1 Å². The topological polar surface area (TPSA) is 0 Å². The molecule has 108 valence electrons. The third-order valence-corrected chi connectivity index (χ3v) is 3.47. The van der Waals surface area contributed by atoms with E-state index < -0.39 is 0 Å². The van der Waals surface area contributed by atoms with Crippen molar-refractivity contribution in [3.63, 3.8) is 0 Å². The molecule has 0 aromatic rings. The zero-order chi connectivity index (χ0) is 12.9. The Morgan fingerprint density at radius 1 is 1.16 bits per heavy atom. The minimum atomic E-state index is 0. The molecule has 0 aromatic carbocycles. The Kier molecular flexibility index (Phi) is 18.7. The second-order valence-electron chi connectivity index (χ2n) is 4.95. The van der Waals surface area contributed by atoms with Gasteiger partial charge in [-0.1, -0.05) is 40.0 Å². The van der Waals surface area contributed by atoms with E-state index in [4.69, 9.17) is 0 Å². The third kappa shape index (κ3) is 9.48. The average molecular weight is 469 g/mol. The van der Waals surface area contributed by atoms with Crippen LogP contribution in [0.25, 0.3) is 0 Å². The van der Waals surface area contributed by atoms with Crippen molar-refractivity contribution in [1.82, 2.24) is 0 Å². The van der Waals surface area contributed by atoms with Crippen LogP contribution in [0.15, 0.2) is 28.4 Å². The Morgan fingerprint density at radius 3 is 1.63 bits per heavy atom. The van der Waals surface area contributed by atoms with Crippen molar-refractivity contribution in [2.45, 2.75) is 55.4 Å². The Hall–Kier alpha value is 0.933. The van der Waals surface area contributed by atoms with Gasteiger partial charge in [-0.3, -0.25) is 6.08 Å². The minimum Gasteiger partial charge on any atom is -1.00 e. The van der Waals surface area contributed by atoms with Crippen LogP contribution >= 0.6 is 0 Å². The van der Waals surface area contributed by atoms with Crippen LogP contribution in [0, 0.1) is 17.9 Å². The summed E-state index contributed by atoms with van der Waals surface area (Å²) in [6.45, 7) is 17.1. The van der Waals surface area contributed by atoms with Gasteiger partial charge in [0, 0.05) is 0 Å². The first kappa shape index (κ1) is 28.1. The van der Waals surface area contributed by atoms with Crippen LogP contribution < -0.4 is 34.0 Å². The molecule has 0 saturated heterocycles. The van der Waals surface area contributed by atoms with Crippen LogP contribution in [0.3, 0.4) is 0 Å². The number of hydrogen-bond donors (Lipinski definition) is 0. The first-order valence-electron chi connectivity index (χ1n) is 5.98. The van der Waals surface area contributed by atoms with Gasteiger partial charge < -0.3 is 34.0 Å². The van der Waals surface area contributed by atoms with Gasteiger partial charge in [-0.05, 0) is 0 Å². The molecule has 0 nitrogen and oxygen atoms in total. The van der Waals surface area contributed by atoms with Crippen LogP contribution in [0.4, 0.5) is 0 Å². The van der Waals surface area contributed by atoms with Crippen molar-refractivity contribution in [3.8, 4) is 0 Å². The molecule has 0 amide bonds. The second-order valence-corrected chi connectivity index (χ2v) is 4.95. The smallest absolute Gasteiger partial charge is 1.00 e. The third-order valence-electron chi connectivity index (χ3n) is 3.47. The summed E-state index contributed by atoms with van der Waals surface area (Å²) in [5.74, 6) is 0. The first-order valence-corrected chi connectivity index (χ1v) is 5.98. The van der Waals surface area contributed by atoms with Crippen molar-refractivity contribution >= 4 is 0 Å². The molecule has 0 unspecified atom stereocenters. The predicted octanol–water partition coefficient (Wildman–Crippen LogP) is -0.706. The van der Waals surface area contributed by atoms with E-state index in [-0.39, 0.29) is 65.6 Å². The van der Waals surface area contributed by atoms with E-state index in [0.29, 0.717) is 0 Å². The summed E-state index contributed by atoms with van der Waals surface area (Å²) in [4.78, 5) is 0. The monoisotopic (exact) mass is 466 g/mol. The predicted molar refractivity (Wildman–Crippen MR) is 74.0 cm³/mol.